The zero-order valence-electron chi connectivity index (χ0n) is 17.2. The van der Waals surface area contributed by atoms with Gasteiger partial charge in [0.25, 0.3) is 5.91 Å². The summed E-state index contributed by atoms with van der Waals surface area (Å²) >= 11 is 0. The fourth-order valence-corrected chi connectivity index (χ4v) is 3.84. The Labute approximate surface area is 179 Å². The summed E-state index contributed by atoms with van der Waals surface area (Å²) in [5, 5.41) is 9.50. The van der Waals surface area contributed by atoms with Crippen LogP contribution in [0.3, 0.4) is 0 Å². The first-order chi connectivity index (χ1) is 14.7. The van der Waals surface area contributed by atoms with Gasteiger partial charge < -0.3 is 4.90 Å². The number of anilines is 2. The lowest BCUT2D eigenvalue weighted by Crippen LogP contribution is -2.47. The van der Waals surface area contributed by atoms with E-state index in [0.29, 0.717) is 25.1 Å². The third kappa shape index (κ3) is 4.49. The van der Waals surface area contributed by atoms with Gasteiger partial charge in [0.2, 0.25) is 0 Å². The van der Waals surface area contributed by atoms with Gasteiger partial charge in [-0.15, -0.1) is 6.42 Å². The molecule has 0 bridgehead atoms. The molecule has 1 amide bonds. The first-order valence-electron chi connectivity index (χ1n) is 9.74. The van der Waals surface area contributed by atoms with Crippen LogP contribution in [0.1, 0.15) is 35.2 Å². The van der Waals surface area contributed by atoms with Gasteiger partial charge in [0.1, 0.15) is 23.5 Å². The highest BCUT2D eigenvalue weighted by molar-refractivity contribution is 6.00. The first kappa shape index (κ1) is 22.2. The van der Waals surface area contributed by atoms with Gasteiger partial charge in [0, 0.05) is 17.9 Å². The van der Waals surface area contributed by atoms with Gasteiger partial charge in [-0.05, 0) is 50.5 Å². The third-order valence-corrected chi connectivity index (χ3v) is 5.18. The topological polar surface area (TPSA) is 60.2 Å². The number of carbonyl (C=O) groups excluding carboxylic acids is 1. The quantitative estimate of drug-likeness (QED) is 0.687. The molecule has 0 spiro atoms. The second-order valence-corrected chi connectivity index (χ2v) is 7.44. The summed E-state index contributed by atoms with van der Waals surface area (Å²) in [5.41, 5.74) is 0.0613. The monoisotopic (exact) mass is 426 g/mol. The molecule has 1 saturated heterocycles. The van der Waals surface area contributed by atoms with Gasteiger partial charge in [0.05, 0.1) is 12.1 Å². The van der Waals surface area contributed by atoms with Crippen molar-refractivity contribution in [1.82, 2.24) is 4.98 Å². The Kier molecular flexibility index (Phi) is 6.21. The van der Waals surface area contributed by atoms with Crippen LogP contribution < -0.4 is 9.80 Å². The number of nitriles is 1. The van der Waals surface area contributed by atoms with Crippen molar-refractivity contribution >= 4 is 17.4 Å². The Morgan fingerprint density at radius 2 is 2.10 bits per heavy atom. The van der Waals surface area contributed by atoms with E-state index in [2.05, 4.69) is 10.9 Å². The number of alkyl halides is 3. The SMILES string of the molecule is C#CCN(C(=O)[C@@H]1CCCN1c1nc(C)cc(C(F)(F)F)c1C#N)c1cccc(C)c1. The molecule has 0 saturated carbocycles. The maximum Gasteiger partial charge on any atom is 0.417 e. The number of nitrogens with zero attached hydrogens (tertiary/aromatic N) is 4. The highest BCUT2D eigenvalue weighted by Crippen LogP contribution is 2.38. The molecular weight excluding hydrogens is 405 g/mol. The van der Waals surface area contributed by atoms with Crippen LogP contribution in [-0.2, 0) is 11.0 Å². The maximum atomic E-state index is 13.5. The zero-order valence-corrected chi connectivity index (χ0v) is 17.2. The molecule has 2 heterocycles. The van der Waals surface area contributed by atoms with Crippen LogP contribution in [0.15, 0.2) is 30.3 Å². The standard InChI is InChI=1S/C23H21F3N4O/c1-4-10-29(17-8-5-7-15(2)12-17)22(31)20-9-6-11-30(20)21-18(14-27)19(23(24,25)26)13-16(3)28-21/h1,5,7-8,12-13,20H,6,9-11H2,2-3H3/t20-/m0/s1. The number of aromatic nitrogens is 1. The molecule has 1 aromatic carbocycles. The Morgan fingerprint density at radius 1 is 1.35 bits per heavy atom. The van der Waals surface area contributed by atoms with E-state index in [9.17, 15) is 23.2 Å². The summed E-state index contributed by atoms with van der Waals surface area (Å²) < 4.78 is 40.6. The van der Waals surface area contributed by atoms with E-state index in [-0.39, 0.29) is 24.0 Å². The Morgan fingerprint density at radius 3 is 2.71 bits per heavy atom. The van der Waals surface area contributed by atoms with Gasteiger partial charge in [-0.2, -0.15) is 18.4 Å². The van der Waals surface area contributed by atoms with Crippen molar-refractivity contribution in [3.63, 3.8) is 0 Å². The number of amides is 1. The normalized spacial score (nSPS) is 16.0. The molecule has 1 aromatic heterocycles. The minimum absolute atomic E-state index is 0.0206. The van der Waals surface area contributed by atoms with Crippen LogP contribution in [0.4, 0.5) is 24.7 Å². The van der Waals surface area contributed by atoms with E-state index >= 15 is 0 Å². The Balaban J connectivity index is 2.05. The van der Waals surface area contributed by atoms with Crippen LogP contribution >= 0.6 is 0 Å². The van der Waals surface area contributed by atoms with Crippen LogP contribution in [-0.4, -0.2) is 30.0 Å². The Bertz CT molecular complexity index is 1080. The minimum Gasteiger partial charge on any atom is -0.343 e. The Hall–Kier alpha value is -3.52. The molecule has 0 N–H and O–H groups in total. The summed E-state index contributed by atoms with van der Waals surface area (Å²) in [7, 11) is 0. The molecule has 160 valence electrons. The summed E-state index contributed by atoms with van der Waals surface area (Å²) in [6.45, 7) is 3.66. The van der Waals surface area contributed by atoms with Crippen molar-refractivity contribution in [1.29, 1.82) is 5.26 Å². The molecule has 1 atom stereocenters. The molecule has 0 radical (unpaired) electrons. The average Bonchev–Trinajstić information content (AvgIpc) is 3.20. The van der Waals surface area contributed by atoms with Gasteiger partial charge in [-0.1, -0.05) is 18.1 Å². The van der Waals surface area contributed by atoms with E-state index in [1.807, 2.05) is 19.1 Å². The second kappa shape index (κ2) is 8.69. The molecule has 0 unspecified atom stereocenters. The lowest BCUT2D eigenvalue weighted by molar-refractivity contribution is -0.137. The number of carbonyl (C=O) groups is 1. The van der Waals surface area contributed by atoms with Crippen molar-refractivity contribution in [3.8, 4) is 18.4 Å². The highest BCUT2D eigenvalue weighted by Gasteiger charge is 2.40. The van der Waals surface area contributed by atoms with Crippen LogP contribution in [0.25, 0.3) is 0 Å². The molecule has 8 heteroatoms. The van der Waals surface area contributed by atoms with Crippen LogP contribution in [0.5, 0.6) is 0 Å². The first-order valence-corrected chi connectivity index (χ1v) is 9.74. The number of halogens is 3. The smallest absolute Gasteiger partial charge is 0.343 e. The summed E-state index contributed by atoms with van der Waals surface area (Å²) in [6, 6.07) is 9.01. The fourth-order valence-electron chi connectivity index (χ4n) is 3.84. The summed E-state index contributed by atoms with van der Waals surface area (Å²) in [4.78, 5) is 20.6. The molecule has 1 aliphatic rings. The number of hydrogen-bond acceptors (Lipinski definition) is 4. The molecule has 1 fully saturated rings. The largest absolute Gasteiger partial charge is 0.417 e. The highest BCUT2D eigenvalue weighted by atomic mass is 19.4. The number of terminal acetylenes is 1. The van der Waals surface area contributed by atoms with Gasteiger partial charge in [-0.25, -0.2) is 4.98 Å². The molecule has 3 rings (SSSR count). The number of benzene rings is 1. The second-order valence-electron chi connectivity index (χ2n) is 7.44. The van der Waals surface area contributed by atoms with Crippen molar-refractivity contribution in [2.24, 2.45) is 0 Å². The van der Waals surface area contributed by atoms with E-state index in [1.165, 1.54) is 16.7 Å². The van der Waals surface area contributed by atoms with Crippen molar-refractivity contribution in [3.05, 3.63) is 52.7 Å². The fraction of sp³-hybridized carbons (Fsp3) is 0.348. The molecule has 5 nitrogen and oxygen atoms in total. The number of pyridine rings is 1. The van der Waals surface area contributed by atoms with E-state index in [1.54, 1.807) is 18.2 Å². The lowest BCUT2D eigenvalue weighted by atomic mass is 10.1. The van der Waals surface area contributed by atoms with E-state index < -0.39 is 23.3 Å². The predicted octanol–water partition coefficient (Wildman–Crippen LogP) is 4.22. The number of hydrogen-bond donors (Lipinski definition) is 0. The van der Waals surface area contributed by atoms with Gasteiger partial charge >= 0.3 is 6.18 Å². The molecule has 0 aliphatic carbocycles. The molecular formula is C23H21F3N4O. The number of aryl methyl sites for hydroxylation is 2. The van der Waals surface area contributed by atoms with E-state index in [4.69, 9.17) is 6.42 Å². The lowest BCUT2D eigenvalue weighted by Gasteiger charge is -2.31. The average molecular weight is 426 g/mol. The van der Waals surface area contributed by atoms with Crippen LogP contribution in [0.2, 0.25) is 0 Å². The van der Waals surface area contributed by atoms with Crippen molar-refractivity contribution in [2.45, 2.75) is 38.9 Å². The summed E-state index contributed by atoms with van der Waals surface area (Å²) in [6.07, 6.45) is 1.78. The van der Waals surface area contributed by atoms with Crippen molar-refractivity contribution < 1.29 is 18.0 Å². The minimum atomic E-state index is -4.70. The van der Waals surface area contributed by atoms with E-state index in [0.717, 1.165) is 11.6 Å². The zero-order chi connectivity index (χ0) is 22.8. The van der Waals surface area contributed by atoms with Crippen LogP contribution in [0, 0.1) is 37.5 Å². The molecule has 2 aromatic rings. The molecule has 1 aliphatic heterocycles. The van der Waals surface area contributed by atoms with Gasteiger partial charge in [-0.3, -0.25) is 9.69 Å². The third-order valence-electron chi connectivity index (χ3n) is 5.18. The molecule has 31 heavy (non-hydrogen) atoms. The maximum absolute atomic E-state index is 13.5. The number of rotatable bonds is 4. The summed E-state index contributed by atoms with van der Waals surface area (Å²) in [5.74, 6) is 2.03. The van der Waals surface area contributed by atoms with Crippen molar-refractivity contribution in [2.75, 3.05) is 22.9 Å². The predicted molar refractivity (Wildman–Crippen MR) is 111 cm³/mol. The van der Waals surface area contributed by atoms with Gasteiger partial charge in [0.15, 0.2) is 0 Å².